The molecule has 1 heterocycles. The Bertz CT molecular complexity index is 1360. The lowest BCUT2D eigenvalue weighted by Crippen LogP contribution is -2.45. The molecule has 8 nitrogen and oxygen atoms in total. The van der Waals surface area contributed by atoms with Crippen molar-refractivity contribution in [1.29, 1.82) is 0 Å². The number of anilines is 1. The molecule has 1 atom stereocenters. The summed E-state index contributed by atoms with van der Waals surface area (Å²) in [5, 5.41) is 9.86. The lowest BCUT2D eigenvalue weighted by atomic mass is 9.99. The highest BCUT2D eigenvalue weighted by Gasteiger charge is 2.27. The fraction of sp³-hybridized carbons (Fsp3) is 0.300. The van der Waals surface area contributed by atoms with Gasteiger partial charge in [0.1, 0.15) is 0 Å². The molecule has 0 unspecified atom stereocenters. The number of likely N-dealkylation sites (N-methyl/N-ethyl adjacent to an activating group) is 1. The Morgan fingerprint density at radius 2 is 1.50 bits per heavy atom. The molecule has 0 saturated carbocycles. The second-order valence-electron chi connectivity index (χ2n) is 9.95. The standard InChI is InChI=1S/C30H32Cl2N4O4/c1-34(29(38)19-36(18-28(33)37)24-12-13-25(31)26(32)16-24)27(17-35-14-2-3-15-35)22-8-4-20(5-9-22)21-6-10-23(11-7-21)30(39)40/h4-13,16,27H,2-3,14-15,17-19H2,1H3,(H2,33,37)(H,39,40)/t27-/m0/s1. The van der Waals surface area contributed by atoms with Gasteiger partial charge in [-0.05, 0) is 73.0 Å². The number of carboxylic acid groups (broad SMARTS) is 1. The molecule has 2 amide bonds. The predicted octanol–water partition coefficient (Wildman–Crippen LogP) is 4.95. The summed E-state index contributed by atoms with van der Waals surface area (Å²) in [6, 6.07) is 19.4. The van der Waals surface area contributed by atoms with E-state index in [4.69, 9.17) is 34.0 Å². The Morgan fingerprint density at radius 1 is 0.900 bits per heavy atom. The third-order valence-corrected chi connectivity index (χ3v) is 7.93. The first-order valence-electron chi connectivity index (χ1n) is 13.0. The Morgan fingerprint density at radius 3 is 2.05 bits per heavy atom. The van der Waals surface area contributed by atoms with E-state index in [0.717, 1.165) is 42.6 Å². The van der Waals surface area contributed by atoms with E-state index < -0.39 is 11.9 Å². The van der Waals surface area contributed by atoms with Crippen LogP contribution in [0.3, 0.4) is 0 Å². The molecule has 1 aliphatic heterocycles. The van der Waals surface area contributed by atoms with Crippen LogP contribution in [-0.4, -0.2) is 72.5 Å². The first-order chi connectivity index (χ1) is 19.1. The van der Waals surface area contributed by atoms with Crippen LogP contribution in [0.15, 0.2) is 66.7 Å². The minimum atomic E-state index is -0.965. The maximum atomic E-state index is 13.6. The number of amides is 2. The molecule has 3 N–H and O–H groups in total. The predicted molar refractivity (Wildman–Crippen MR) is 158 cm³/mol. The monoisotopic (exact) mass is 582 g/mol. The highest BCUT2D eigenvalue weighted by atomic mass is 35.5. The highest BCUT2D eigenvalue weighted by Crippen LogP contribution is 2.29. The van der Waals surface area contributed by atoms with E-state index in [9.17, 15) is 14.4 Å². The maximum Gasteiger partial charge on any atom is 0.335 e. The van der Waals surface area contributed by atoms with Crippen LogP contribution in [0.4, 0.5) is 5.69 Å². The minimum absolute atomic E-state index is 0.0675. The van der Waals surface area contributed by atoms with E-state index >= 15 is 0 Å². The number of carbonyl (C=O) groups is 3. The number of nitrogens with zero attached hydrogens (tertiary/aromatic N) is 3. The molecule has 1 fully saturated rings. The Balaban J connectivity index is 1.57. The molecule has 0 radical (unpaired) electrons. The minimum Gasteiger partial charge on any atom is -0.478 e. The molecular weight excluding hydrogens is 551 g/mol. The van der Waals surface area contributed by atoms with Crippen molar-refractivity contribution in [2.45, 2.75) is 18.9 Å². The van der Waals surface area contributed by atoms with Crippen molar-refractivity contribution in [3.63, 3.8) is 0 Å². The zero-order valence-corrected chi connectivity index (χ0v) is 23.7. The van der Waals surface area contributed by atoms with E-state index in [1.807, 2.05) is 24.3 Å². The number of halogens is 2. The van der Waals surface area contributed by atoms with Gasteiger partial charge in [0.2, 0.25) is 11.8 Å². The average molecular weight is 584 g/mol. The quantitative estimate of drug-likeness (QED) is 0.331. The number of rotatable bonds is 11. The van der Waals surface area contributed by atoms with Crippen LogP contribution in [0.25, 0.3) is 11.1 Å². The fourth-order valence-electron chi connectivity index (χ4n) is 4.92. The molecule has 4 rings (SSSR count). The van der Waals surface area contributed by atoms with Gasteiger partial charge in [-0.15, -0.1) is 0 Å². The van der Waals surface area contributed by atoms with Gasteiger partial charge in [-0.2, -0.15) is 0 Å². The third kappa shape index (κ3) is 7.33. The molecule has 0 aliphatic carbocycles. The van der Waals surface area contributed by atoms with Gasteiger partial charge in [0, 0.05) is 19.3 Å². The lowest BCUT2D eigenvalue weighted by Gasteiger charge is -2.34. The molecule has 1 saturated heterocycles. The Labute approximate surface area is 243 Å². The summed E-state index contributed by atoms with van der Waals surface area (Å²) in [6.07, 6.45) is 2.25. The number of nitrogens with two attached hydrogens (primary N) is 1. The van der Waals surface area contributed by atoms with Crippen LogP contribution in [0.1, 0.15) is 34.8 Å². The number of carbonyl (C=O) groups excluding carboxylic acids is 2. The zero-order valence-electron chi connectivity index (χ0n) is 22.2. The van der Waals surface area contributed by atoms with Crippen LogP contribution < -0.4 is 10.6 Å². The van der Waals surface area contributed by atoms with E-state index in [1.54, 1.807) is 59.3 Å². The normalized spacial score (nSPS) is 14.1. The van der Waals surface area contributed by atoms with E-state index in [1.165, 1.54) is 0 Å². The summed E-state index contributed by atoms with van der Waals surface area (Å²) in [7, 11) is 1.78. The van der Waals surface area contributed by atoms with Crippen molar-refractivity contribution in [3.8, 4) is 11.1 Å². The van der Waals surface area contributed by atoms with Gasteiger partial charge in [-0.3, -0.25) is 9.59 Å². The zero-order chi connectivity index (χ0) is 28.8. The first-order valence-corrected chi connectivity index (χ1v) is 13.8. The van der Waals surface area contributed by atoms with Crippen molar-refractivity contribution in [3.05, 3.63) is 87.9 Å². The summed E-state index contributed by atoms with van der Waals surface area (Å²) in [4.78, 5) is 42.3. The second-order valence-corrected chi connectivity index (χ2v) is 10.8. The molecule has 0 aromatic heterocycles. The summed E-state index contributed by atoms with van der Waals surface area (Å²) in [5.74, 6) is -1.71. The fourth-order valence-corrected chi connectivity index (χ4v) is 5.21. The molecule has 40 heavy (non-hydrogen) atoms. The number of benzene rings is 3. The highest BCUT2D eigenvalue weighted by molar-refractivity contribution is 6.42. The number of primary amides is 1. The van der Waals surface area contributed by atoms with Gasteiger partial charge in [-0.1, -0.05) is 59.6 Å². The van der Waals surface area contributed by atoms with Crippen molar-refractivity contribution < 1.29 is 19.5 Å². The van der Waals surface area contributed by atoms with Gasteiger partial charge in [0.25, 0.3) is 0 Å². The van der Waals surface area contributed by atoms with Gasteiger partial charge < -0.3 is 25.5 Å². The van der Waals surface area contributed by atoms with Crippen LogP contribution >= 0.6 is 23.2 Å². The number of hydrogen-bond acceptors (Lipinski definition) is 5. The van der Waals surface area contributed by atoms with Gasteiger partial charge >= 0.3 is 5.97 Å². The lowest BCUT2D eigenvalue weighted by molar-refractivity contribution is -0.131. The Hall–Kier alpha value is -3.59. The van der Waals surface area contributed by atoms with Crippen LogP contribution in [-0.2, 0) is 9.59 Å². The van der Waals surface area contributed by atoms with Crippen molar-refractivity contribution >= 4 is 46.7 Å². The third-order valence-electron chi connectivity index (χ3n) is 7.19. The summed E-state index contributed by atoms with van der Waals surface area (Å²) < 4.78 is 0. The number of carboxylic acids is 1. The topological polar surface area (TPSA) is 107 Å². The number of likely N-dealkylation sites (tertiary alicyclic amines) is 1. The van der Waals surface area contributed by atoms with Crippen LogP contribution in [0, 0.1) is 0 Å². The molecular formula is C30H32Cl2N4O4. The largest absolute Gasteiger partial charge is 0.478 e. The summed E-state index contributed by atoms with van der Waals surface area (Å²) >= 11 is 12.3. The van der Waals surface area contributed by atoms with Crippen LogP contribution in [0.5, 0.6) is 0 Å². The Kier molecular flexibility index (Phi) is 9.68. The van der Waals surface area contributed by atoms with E-state index in [0.29, 0.717) is 22.3 Å². The van der Waals surface area contributed by atoms with Crippen LogP contribution in [0.2, 0.25) is 10.0 Å². The average Bonchev–Trinajstić information content (AvgIpc) is 3.46. The van der Waals surface area contributed by atoms with Gasteiger partial charge in [0.05, 0.1) is 34.7 Å². The number of hydrogen-bond donors (Lipinski definition) is 2. The van der Waals surface area contributed by atoms with Gasteiger partial charge in [0.15, 0.2) is 0 Å². The second kappa shape index (κ2) is 13.2. The molecule has 0 bridgehead atoms. The molecule has 3 aromatic rings. The van der Waals surface area contributed by atoms with Gasteiger partial charge in [-0.25, -0.2) is 4.79 Å². The molecule has 210 valence electrons. The van der Waals surface area contributed by atoms with Crippen molar-refractivity contribution in [2.24, 2.45) is 5.73 Å². The van der Waals surface area contributed by atoms with E-state index in [-0.39, 0.29) is 30.6 Å². The van der Waals surface area contributed by atoms with Crippen molar-refractivity contribution in [2.75, 3.05) is 44.7 Å². The molecule has 10 heteroatoms. The first kappa shape index (κ1) is 29.4. The number of aromatic carboxylic acids is 1. The molecule has 0 spiro atoms. The summed E-state index contributed by atoms with van der Waals surface area (Å²) in [5.41, 5.74) is 9.13. The molecule has 1 aliphatic rings. The SMILES string of the molecule is CN(C(=O)CN(CC(N)=O)c1ccc(Cl)c(Cl)c1)[C@@H](CN1CCCC1)c1ccc(-c2ccc(C(=O)O)cc2)cc1. The van der Waals surface area contributed by atoms with E-state index in [2.05, 4.69) is 4.90 Å². The molecule has 3 aromatic carbocycles. The maximum absolute atomic E-state index is 13.6. The summed E-state index contributed by atoms with van der Waals surface area (Å²) in [6.45, 7) is 2.41. The van der Waals surface area contributed by atoms with Crippen molar-refractivity contribution in [1.82, 2.24) is 9.80 Å². The smallest absolute Gasteiger partial charge is 0.335 e.